The highest BCUT2D eigenvalue weighted by Crippen LogP contribution is 2.42. The van der Waals surface area contributed by atoms with Crippen molar-refractivity contribution in [2.75, 3.05) is 21.3 Å². The molecule has 26 heavy (non-hydrogen) atoms. The molecule has 1 aromatic heterocycles. The van der Waals surface area contributed by atoms with Crippen molar-refractivity contribution in [3.63, 3.8) is 0 Å². The summed E-state index contributed by atoms with van der Waals surface area (Å²) < 4.78 is 16.0. The first-order valence-electron chi connectivity index (χ1n) is 7.75. The number of ether oxygens (including phenoxy) is 3. The van der Waals surface area contributed by atoms with E-state index in [9.17, 15) is 15.3 Å². The predicted molar refractivity (Wildman–Crippen MR) is 96.8 cm³/mol. The lowest BCUT2D eigenvalue weighted by Gasteiger charge is -2.20. The lowest BCUT2D eigenvalue weighted by molar-refractivity contribution is 0.0974. The van der Waals surface area contributed by atoms with Gasteiger partial charge in [0.05, 0.1) is 38.3 Å². The van der Waals surface area contributed by atoms with E-state index in [0.717, 1.165) is 0 Å². The topological polar surface area (TPSA) is 92.3 Å². The van der Waals surface area contributed by atoms with Gasteiger partial charge in [0.15, 0.2) is 17.3 Å². The first-order valence-corrected chi connectivity index (χ1v) is 8.63. The zero-order chi connectivity index (χ0) is 19.1. The maximum atomic E-state index is 12.6. The number of methoxy groups -OCH3 is 3. The van der Waals surface area contributed by atoms with Gasteiger partial charge in [-0.25, -0.2) is 0 Å². The lowest BCUT2D eigenvalue weighted by atomic mass is 9.83. The number of rotatable bonds is 8. The highest BCUT2D eigenvalue weighted by Gasteiger charge is 2.29. The number of hydrogen-bond donors (Lipinski definition) is 0. The maximum Gasteiger partial charge on any atom is 0.203 e. The third-order valence-corrected chi connectivity index (χ3v) is 4.91. The molecule has 2 rings (SSSR count). The summed E-state index contributed by atoms with van der Waals surface area (Å²) in [6.45, 7) is 0. The highest BCUT2D eigenvalue weighted by molar-refractivity contribution is 7.12. The van der Waals surface area contributed by atoms with Gasteiger partial charge < -0.3 is 14.2 Å². The molecule has 1 atom stereocenters. The number of benzene rings is 1. The van der Waals surface area contributed by atoms with Gasteiger partial charge in [-0.15, -0.1) is 11.3 Å². The van der Waals surface area contributed by atoms with Crippen LogP contribution in [-0.2, 0) is 0 Å². The van der Waals surface area contributed by atoms with Crippen molar-refractivity contribution in [2.24, 2.45) is 5.92 Å². The normalized spacial score (nSPS) is 11.3. The van der Waals surface area contributed by atoms with Gasteiger partial charge in [-0.2, -0.15) is 10.5 Å². The molecule has 134 valence electrons. The van der Waals surface area contributed by atoms with Crippen molar-refractivity contribution in [3.05, 3.63) is 40.1 Å². The molecule has 0 aliphatic heterocycles. The molecule has 0 unspecified atom stereocenters. The molecule has 2 aromatic rings. The van der Waals surface area contributed by atoms with E-state index in [1.807, 2.05) is 17.5 Å². The number of ketones is 1. The second-order valence-corrected chi connectivity index (χ2v) is 6.35. The summed E-state index contributed by atoms with van der Waals surface area (Å²) in [5.74, 6) is -0.494. The van der Waals surface area contributed by atoms with Crippen LogP contribution in [0.2, 0.25) is 0 Å². The van der Waals surface area contributed by atoms with Crippen LogP contribution in [0.15, 0.2) is 29.6 Å². The second kappa shape index (κ2) is 8.89. The van der Waals surface area contributed by atoms with Gasteiger partial charge >= 0.3 is 0 Å². The Kier molecular flexibility index (Phi) is 6.60. The number of nitriles is 2. The Balaban J connectivity index is 2.50. The van der Waals surface area contributed by atoms with Crippen LogP contribution in [0, 0.1) is 28.6 Å². The minimum absolute atomic E-state index is 0.0327. The molecule has 0 radical (unpaired) electrons. The molecule has 0 saturated carbocycles. The first kappa shape index (κ1) is 19.3. The Hall–Kier alpha value is -3.03. The minimum atomic E-state index is -0.985. The SMILES string of the molecule is COc1cc([C@@H](CC(=O)c2cccs2)C(C#N)C#N)cc(OC)c1OC. The molecule has 0 fully saturated rings. The summed E-state index contributed by atoms with van der Waals surface area (Å²) in [5, 5.41) is 20.6. The molecule has 0 bridgehead atoms. The van der Waals surface area contributed by atoms with E-state index in [2.05, 4.69) is 0 Å². The van der Waals surface area contributed by atoms with Crippen molar-refractivity contribution in [2.45, 2.75) is 12.3 Å². The van der Waals surface area contributed by atoms with Crippen LogP contribution < -0.4 is 14.2 Å². The Morgan fingerprint density at radius 2 is 1.73 bits per heavy atom. The fourth-order valence-electron chi connectivity index (χ4n) is 2.69. The van der Waals surface area contributed by atoms with Crippen LogP contribution in [0.4, 0.5) is 0 Å². The fourth-order valence-corrected chi connectivity index (χ4v) is 3.37. The highest BCUT2D eigenvalue weighted by atomic mass is 32.1. The summed E-state index contributed by atoms with van der Waals surface area (Å²) in [7, 11) is 4.46. The van der Waals surface area contributed by atoms with Gasteiger partial charge in [0.2, 0.25) is 5.75 Å². The van der Waals surface area contributed by atoms with Crippen molar-refractivity contribution in [1.29, 1.82) is 10.5 Å². The van der Waals surface area contributed by atoms with Gasteiger partial charge in [-0.3, -0.25) is 4.79 Å². The third-order valence-electron chi connectivity index (χ3n) is 4.00. The van der Waals surface area contributed by atoms with Gasteiger partial charge in [-0.1, -0.05) is 6.07 Å². The number of carbonyl (C=O) groups is 1. The average molecular weight is 370 g/mol. The van der Waals surface area contributed by atoms with Crippen LogP contribution in [0.5, 0.6) is 17.2 Å². The summed E-state index contributed by atoms with van der Waals surface area (Å²) >= 11 is 1.33. The third kappa shape index (κ3) is 3.96. The number of thiophene rings is 1. The standard InChI is InChI=1S/C19H18N2O4S/c1-23-16-7-12(8-17(24-2)19(16)25-3)14(13(10-20)11-21)9-15(22)18-5-4-6-26-18/h4-8,13-14H,9H2,1-3H3/t14-/m1/s1. The van der Waals surface area contributed by atoms with Crippen LogP contribution >= 0.6 is 11.3 Å². The molecule has 0 amide bonds. The van der Waals surface area contributed by atoms with E-state index in [1.165, 1.54) is 32.7 Å². The van der Waals surface area contributed by atoms with Gasteiger partial charge in [0, 0.05) is 12.3 Å². The molecular formula is C19H18N2O4S. The van der Waals surface area contributed by atoms with Crippen LogP contribution in [-0.4, -0.2) is 27.1 Å². The molecule has 0 saturated heterocycles. The Labute approximate surface area is 156 Å². The van der Waals surface area contributed by atoms with Crippen LogP contribution in [0.3, 0.4) is 0 Å². The first-order chi connectivity index (χ1) is 12.6. The zero-order valence-electron chi connectivity index (χ0n) is 14.7. The zero-order valence-corrected chi connectivity index (χ0v) is 15.5. The maximum absolute atomic E-state index is 12.6. The van der Waals surface area contributed by atoms with Crippen molar-refractivity contribution in [3.8, 4) is 29.4 Å². The predicted octanol–water partition coefficient (Wildman–Crippen LogP) is 3.79. The number of Topliss-reactive ketones (excluding diaryl/α,β-unsaturated/α-hetero) is 1. The Morgan fingerprint density at radius 3 is 2.15 bits per heavy atom. The molecule has 1 aromatic carbocycles. The molecule has 0 N–H and O–H groups in total. The van der Waals surface area contributed by atoms with Gasteiger partial charge in [0.25, 0.3) is 0 Å². The monoisotopic (exact) mass is 370 g/mol. The molecular weight excluding hydrogens is 352 g/mol. The smallest absolute Gasteiger partial charge is 0.203 e. The van der Waals surface area contributed by atoms with Crippen molar-refractivity contribution in [1.82, 2.24) is 0 Å². The molecule has 0 aliphatic carbocycles. The fraction of sp³-hybridized carbons (Fsp3) is 0.316. The van der Waals surface area contributed by atoms with Crippen LogP contribution in [0.1, 0.15) is 27.6 Å². The summed E-state index contributed by atoms with van der Waals surface area (Å²) in [5.41, 5.74) is 0.609. The van der Waals surface area contributed by atoms with E-state index in [4.69, 9.17) is 14.2 Å². The number of carbonyl (C=O) groups excluding carboxylic acids is 1. The largest absolute Gasteiger partial charge is 0.493 e. The van der Waals surface area contributed by atoms with E-state index in [1.54, 1.807) is 24.3 Å². The average Bonchev–Trinajstić information content (AvgIpc) is 3.21. The van der Waals surface area contributed by atoms with E-state index >= 15 is 0 Å². The summed E-state index contributed by atoms with van der Waals surface area (Å²) in [6.07, 6.45) is 0.0327. The van der Waals surface area contributed by atoms with E-state index in [0.29, 0.717) is 27.7 Å². The van der Waals surface area contributed by atoms with Crippen LogP contribution in [0.25, 0.3) is 0 Å². The quantitative estimate of drug-likeness (QED) is 0.656. The lowest BCUT2D eigenvalue weighted by Crippen LogP contribution is -2.15. The second-order valence-electron chi connectivity index (χ2n) is 5.41. The number of hydrogen-bond acceptors (Lipinski definition) is 7. The van der Waals surface area contributed by atoms with E-state index < -0.39 is 11.8 Å². The van der Waals surface area contributed by atoms with Gasteiger partial charge in [0.1, 0.15) is 5.92 Å². The van der Waals surface area contributed by atoms with Crippen molar-refractivity contribution < 1.29 is 19.0 Å². The molecule has 0 aliphatic rings. The molecule has 0 spiro atoms. The van der Waals surface area contributed by atoms with E-state index in [-0.39, 0.29) is 12.2 Å². The molecule has 7 heteroatoms. The van der Waals surface area contributed by atoms with Crippen molar-refractivity contribution >= 4 is 17.1 Å². The molecule has 6 nitrogen and oxygen atoms in total. The van der Waals surface area contributed by atoms with Gasteiger partial charge in [-0.05, 0) is 29.1 Å². The Morgan fingerprint density at radius 1 is 1.12 bits per heavy atom. The summed E-state index contributed by atoms with van der Waals surface area (Å²) in [6, 6.07) is 10.8. The minimum Gasteiger partial charge on any atom is -0.493 e. The molecule has 1 heterocycles. The number of nitrogens with zero attached hydrogens (tertiary/aromatic N) is 2. The Bertz CT molecular complexity index is 810. The summed E-state index contributed by atoms with van der Waals surface area (Å²) in [4.78, 5) is 13.2.